The predicted molar refractivity (Wildman–Crippen MR) is 136 cm³/mol. The molecule has 6 nitrogen and oxygen atoms in total. The van der Waals surface area contributed by atoms with Gasteiger partial charge in [0.05, 0.1) is 0 Å². The molecule has 0 saturated carbocycles. The number of carbonyl (C=O) groups excluding carboxylic acids is 2. The molecular weight excluding hydrogens is 402 g/mol. The minimum Gasteiger partial charge on any atom is -0.445 e. The molecule has 2 aliphatic rings. The Labute approximate surface area is 197 Å². The number of hydrogen-bond acceptors (Lipinski definition) is 4. The minimum atomic E-state index is -0.254. The molecule has 3 rings (SSSR count). The molecule has 32 heavy (non-hydrogen) atoms. The Bertz CT molecular complexity index is 665. The van der Waals surface area contributed by atoms with Crippen LogP contribution < -0.4 is 0 Å². The van der Waals surface area contributed by atoms with Crippen molar-refractivity contribution in [2.24, 2.45) is 5.41 Å². The van der Waals surface area contributed by atoms with Gasteiger partial charge in [0.1, 0.15) is 6.61 Å². The Hall–Kier alpha value is -2.34. The van der Waals surface area contributed by atoms with Gasteiger partial charge in [-0.1, -0.05) is 86.9 Å². The van der Waals surface area contributed by atoms with Crippen molar-refractivity contribution in [3.8, 4) is 0 Å². The largest absolute Gasteiger partial charge is 0.445 e. The van der Waals surface area contributed by atoms with Crippen LogP contribution in [0.25, 0.3) is 0 Å². The van der Waals surface area contributed by atoms with Crippen LogP contribution in [0.4, 0.5) is 4.79 Å². The number of piperazine rings is 1. The normalized spacial score (nSPS) is 16.0. The first kappa shape index (κ1) is 31.8. The fourth-order valence-electron chi connectivity index (χ4n) is 3.08. The maximum absolute atomic E-state index is 12.0. The van der Waals surface area contributed by atoms with Gasteiger partial charge in [0, 0.05) is 45.3 Å². The molecule has 0 aromatic heterocycles. The van der Waals surface area contributed by atoms with Crippen molar-refractivity contribution in [1.29, 1.82) is 0 Å². The van der Waals surface area contributed by atoms with Crippen molar-refractivity contribution in [2.75, 3.05) is 39.3 Å². The molecule has 0 bridgehead atoms. The first-order chi connectivity index (χ1) is 13.7. The van der Waals surface area contributed by atoms with E-state index in [4.69, 9.17) is 4.74 Å². The van der Waals surface area contributed by atoms with Crippen LogP contribution in [0.1, 0.15) is 55.5 Å². The Morgan fingerprint density at radius 3 is 1.94 bits per heavy atom. The van der Waals surface area contributed by atoms with Crippen molar-refractivity contribution in [2.45, 2.75) is 62.6 Å². The van der Waals surface area contributed by atoms with Crippen LogP contribution in [0.5, 0.6) is 0 Å². The number of amides is 2. The first-order valence-corrected chi connectivity index (χ1v) is 10.3. The van der Waals surface area contributed by atoms with Gasteiger partial charge in [-0.15, -0.1) is 0 Å². The minimum absolute atomic E-state index is 0. The van der Waals surface area contributed by atoms with Crippen LogP contribution in [0.2, 0.25) is 0 Å². The molecule has 2 fully saturated rings. The summed E-state index contributed by atoms with van der Waals surface area (Å²) in [4.78, 5) is 29.5. The molecule has 0 N–H and O–H groups in total. The summed E-state index contributed by atoms with van der Waals surface area (Å²) in [6.07, 6.45) is 1.11. The number of likely N-dealkylation sites (tertiary alicyclic amines) is 1. The van der Waals surface area contributed by atoms with Crippen molar-refractivity contribution in [1.82, 2.24) is 14.7 Å². The molecule has 2 heterocycles. The van der Waals surface area contributed by atoms with E-state index < -0.39 is 0 Å². The number of rotatable bonds is 4. The highest BCUT2D eigenvalue weighted by atomic mass is 16.6. The molecule has 184 valence electrons. The fraction of sp³-hybridized carbons (Fsp3) is 0.615. The highest BCUT2D eigenvalue weighted by Gasteiger charge is 2.37. The third-order valence-electron chi connectivity index (χ3n) is 4.64. The van der Waals surface area contributed by atoms with Gasteiger partial charge in [-0.2, -0.15) is 0 Å². The highest BCUT2D eigenvalue weighted by Crippen LogP contribution is 2.18. The molecule has 0 aliphatic carbocycles. The smallest absolute Gasteiger partial charge is 0.410 e. The van der Waals surface area contributed by atoms with E-state index in [0.717, 1.165) is 31.7 Å². The molecule has 0 radical (unpaired) electrons. The van der Waals surface area contributed by atoms with E-state index in [-0.39, 0.29) is 34.3 Å². The van der Waals surface area contributed by atoms with Gasteiger partial charge in [0.25, 0.3) is 0 Å². The predicted octanol–water partition coefficient (Wildman–Crippen LogP) is 5.30. The Morgan fingerprint density at radius 1 is 0.969 bits per heavy atom. The van der Waals surface area contributed by atoms with Gasteiger partial charge in [-0.25, -0.2) is 4.79 Å². The van der Waals surface area contributed by atoms with Crippen molar-refractivity contribution in [3.05, 3.63) is 48.6 Å². The topological polar surface area (TPSA) is 53.1 Å². The summed E-state index contributed by atoms with van der Waals surface area (Å²) in [6.45, 7) is 17.1. The summed E-state index contributed by atoms with van der Waals surface area (Å²) >= 11 is 0. The Kier molecular flexibility index (Phi) is 14.6. The number of hydrogen-bond donors (Lipinski definition) is 0. The van der Waals surface area contributed by atoms with Gasteiger partial charge in [0.2, 0.25) is 5.91 Å². The van der Waals surface area contributed by atoms with Gasteiger partial charge >= 0.3 is 6.09 Å². The monoisotopic (exact) mass is 449 g/mol. The van der Waals surface area contributed by atoms with Crippen LogP contribution in [0, 0.1) is 5.41 Å². The van der Waals surface area contributed by atoms with E-state index in [1.807, 2.05) is 35.2 Å². The van der Waals surface area contributed by atoms with E-state index in [1.54, 1.807) is 4.90 Å². The molecular formula is C26H47N3O3. The highest BCUT2D eigenvalue weighted by molar-refractivity contribution is 5.87. The lowest BCUT2D eigenvalue weighted by Crippen LogP contribution is -2.64. The third kappa shape index (κ3) is 10.8. The summed E-state index contributed by atoms with van der Waals surface area (Å²) in [5.74, 6) is -0.00521. The summed E-state index contributed by atoms with van der Waals surface area (Å²) in [5, 5.41) is 0. The summed E-state index contributed by atoms with van der Waals surface area (Å²) < 4.78 is 5.34. The molecule has 2 amide bonds. The molecule has 0 atom stereocenters. The van der Waals surface area contributed by atoms with Crippen molar-refractivity contribution >= 4 is 12.0 Å². The van der Waals surface area contributed by atoms with Crippen LogP contribution in [-0.4, -0.2) is 72.0 Å². The van der Waals surface area contributed by atoms with Gasteiger partial charge < -0.3 is 14.5 Å². The third-order valence-corrected chi connectivity index (χ3v) is 4.64. The number of ether oxygens (including phenoxy) is 1. The zero-order valence-corrected chi connectivity index (χ0v) is 18.3. The van der Waals surface area contributed by atoms with Crippen LogP contribution in [-0.2, 0) is 16.1 Å². The van der Waals surface area contributed by atoms with E-state index in [2.05, 4.69) is 39.2 Å². The maximum Gasteiger partial charge on any atom is 0.410 e. The van der Waals surface area contributed by atoms with E-state index in [0.29, 0.717) is 31.2 Å². The van der Waals surface area contributed by atoms with Crippen LogP contribution in [0.15, 0.2) is 43.0 Å². The molecule has 2 aliphatic heterocycles. The maximum atomic E-state index is 12.0. The van der Waals surface area contributed by atoms with Gasteiger partial charge in [0.15, 0.2) is 0 Å². The lowest BCUT2D eigenvalue weighted by molar-refractivity contribution is -0.128. The quantitative estimate of drug-likeness (QED) is 0.586. The lowest BCUT2D eigenvalue weighted by Gasteiger charge is -2.47. The second kappa shape index (κ2) is 14.7. The standard InChI is InChI=1S/C18H23N3O3.C5H12.3CH4/c1-2-17(22)20-10-8-19(9-11-20)16-12-21(13-16)18(23)24-14-15-6-4-3-5-7-15;1-5(2,3)4;;;/h2-7,16H,1,8-14H2;1-4H3;3*1H4. The zero-order chi connectivity index (χ0) is 21.4. The van der Waals surface area contributed by atoms with E-state index in [1.165, 1.54) is 6.08 Å². The van der Waals surface area contributed by atoms with Gasteiger partial charge in [-0.3, -0.25) is 9.69 Å². The molecule has 0 spiro atoms. The average Bonchev–Trinajstić information content (AvgIpc) is 2.64. The summed E-state index contributed by atoms with van der Waals surface area (Å²) in [6, 6.07) is 10.1. The Morgan fingerprint density at radius 2 is 1.47 bits per heavy atom. The van der Waals surface area contributed by atoms with Crippen LogP contribution >= 0.6 is 0 Å². The van der Waals surface area contributed by atoms with E-state index in [9.17, 15) is 9.59 Å². The molecule has 1 aromatic carbocycles. The molecule has 1 aromatic rings. The SMILES string of the molecule is C.C.C.C=CC(=O)N1CCN(C2CN(C(=O)OCc3ccccc3)C2)CC1.CC(C)(C)C. The second-order valence-corrected chi connectivity index (χ2v) is 9.16. The lowest BCUT2D eigenvalue weighted by atomic mass is 10.0. The fourth-order valence-corrected chi connectivity index (χ4v) is 3.08. The van der Waals surface area contributed by atoms with Crippen molar-refractivity contribution in [3.63, 3.8) is 0 Å². The molecule has 0 unspecified atom stereocenters. The summed E-state index contributed by atoms with van der Waals surface area (Å²) in [7, 11) is 0. The number of benzene rings is 1. The average molecular weight is 450 g/mol. The zero-order valence-electron chi connectivity index (χ0n) is 18.3. The second-order valence-electron chi connectivity index (χ2n) is 9.16. The first-order valence-electron chi connectivity index (χ1n) is 10.3. The molecule has 2 saturated heterocycles. The van der Waals surface area contributed by atoms with Crippen LogP contribution in [0.3, 0.4) is 0 Å². The molecule has 6 heteroatoms. The Balaban J connectivity index is 0. The number of nitrogens with zero attached hydrogens (tertiary/aromatic N) is 3. The van der Waals surface area contributed by atoms with Gasteiger partial charge in [-0.05, 0) is 17.1 Å². The van der Waals surface area contributed by atoms with E-state index >= 15 is 0 Å². The number of carbonyl (C=O) groups is 2. The summed E-state index contributed by atoms with van der Waals surface area (Å²) in [5.41, 5.74) is 1.49. The van der Waals surface area contributed by atoms with Crippen molar-refractivity contribution < 1.29 is 14.3 Å².